The molecule has 1 aromatic heterocycles. The summed E-state index contributed by atoms with van der Waals surface area (Å²) in [7, 11) is 0. The molecule has 1 aromatic rings. The molecule has 18 heavy (non-hydrogen) atoms. The predicted octanol–water partition coefficient (Wildman–Crippen LogP) is 1.50. The van der Waals surface area contributed by atoms with Gasteiger partial charge in [0.15, 0.2) is 5.69 Å². The summed E-state index contributed by atoms with van der Waals surface area (Å²) in [6.45, 7) is 2.38. The molecule has 0 saturated carbocycles. The average molecular weight is 288 g/mol. The third-order valence-corrected chi connectivity index (χ3v) is 4.02. The van der Waals surface area contributed by atoms with Crippen molar-refractivity contribution in [3.8, 4) is 0 Å². The Morgan fingerprint density at radius 3 is 2.89 bits per heavy atom. The zero-order valence-electron chi connectivity index (χ0n) is 10.3. The molecule has 1 heterocycles. The van der Waals surface area contributed by atoms with Crippen LogP contribution in [0.15, 0.2) is 5.38 Å². The van der Waals surface area contributed by atoms with Crippen molar-refractivity contribution < 1.29 is 14.7 Å². The van der Waals surface area contributed by atoms with Crippen LogP contribution in [-0.2, 0) is 11.2 Å². The highest BCUT2D eigenvalue weighted by molar-refractivity contribution is 7.98. The summed E-state index contributed by atoms with van der Waals surface area (Å²) >= 11 is 2.94. The van der Waals surface area contributed by atoms with Crippen LogP contribution < -0.4 is 5.32 Å². The van der Waals surface area contributed by atoms with Crippen LogP contribution in [0.4, 0.5) is 0 Å². The van der Waals surface area contributed by atoms with Gasteiger partial charge in [0.2, 0.25) is 5.91 Å². The number of thiazole rings is 1. The van der Waals surface area contributed by atoms with Crippen molar-refractivity contribution in [2.75, 3.05) is 18.6 Å². The van der Waals surface area contributed by atoms with E-state index in [-0.39, 0.29) is 17.5 Å². The van der Waals surface area contributed by atoms with E-state index in [9.17, 15) is 9.59 Å². The molecule has 0 aliphatic carbocycles. The van der Waals surface area contributed by atoms with E-state index in [2.05, 4.69) is 10.3 Å². The van der Waals surface area contributed by atoms with Gasteiger partial charge in [-0.3, -0.25) is 4.79 Å². The lowest BCUT2D eigenvalue weighted by molar-refractivity contribution is -0.123. The van der Waals surface area contributed by atoms with E-state index < -0.39 is 5.97 Å². The van der Waals surface area contributed by atoms with E-state index in [4.69, 9.17) is 5.11 Å². The molecule has 2 N–H and O–H groups in total. The third-order valence-electron chi connectivity index (χ3n) is 2.27. The fourth-order valence-corrected chi connectivity index (χ4v) is 2.74. The summed E-state index contributed by atoms with van der Waals surface area (Å²) in [6, 6.07) is 0. The van der Waals surface area contributed by atoms with Gasteiger partial charge < -0.3 is 10.4 Å². The van der Waals surface area contributed by atoms with E-state index >= 15 is 0 Å². The molecule has 0 spiro atoms. The Kier molecular flexibility index (Phi) is 6.14. The Morgan fingerprint density at radius 1 is 1.61 bits per heavy atom. The lowest BCUT2D eigenvalue weighted by atomic mass is 10.2. The topological polar surface area (TPSA) is 79.3 Å². The average Bonchev–Trinajstić information content (AvgIpc) is 2.78. The summed E-state index contributed by atoms with van der Waals surface area (Å²) in [4.78, 5) is 26.2. The molecule has 1 amide bonds. The van der Waals surface area contributed by atoms with E-state index in [1.807, 2.05) is 13.2 Å². The molecule has 0 aromatic carbocycles. The zero-order chi connectivity index (χ0) is 13.5. The first-order valence-electron chi connectivity index (χ1n) is 5.49. The van der Waals surface area contributed by atoms with Crippen molar-refractivity contribution in [3.63, 3.8) is 0 Å². The summed E-state index contributed by atoms with van der Waals surface area (Å²) in [5.74, 6) is -0.202. The normalized spacial score (nSPS) is 12.1. The predicted molar refractivity (Wildman–Crippen MR) is 73.3 cm³/mol. The fourth-order valence-electron chi connectivity index (χ4n) is 1.32. The maximum absolute atomic E-state index is 11.6. The van der Waals surface area contributed by atoms with Crippen molar-refractivity contribution in [2.45, 2.75) is 13.3 Å². The van der Waals surface area contributed by atoms with E-state index in [0.717, 1.165) is 10.8 Å². The summed E-state index contributed by atoms with van der Waals surface area (Å²) in [5, 5.41) is 13.8. The number of nitrogens with one attached hydrogen (secondary N) is 1. The largest absolute Gasteiger partial charge is 0.476 e. The zero-order valence-corrected chi connectivity index (χ0v) is 11.9. The molecule has 5 nitrogen and oxygen atoms in total. The molecule has 7 heteroatoms. The van der Waals surface area contributed by atoms with Crippen molar-refractivity contribution in [1.29, 1.82) is 0 Å². The number of carboxylic acid groups (broad SMARTS) is 1. The van der Waals surface area contributed by atoms with Crippen LogP contribution in [0, 0.1) is 5.92 Å². The van der Waals surface area contributed by atoms with Gasteiger partial charge in [-0.15, -0.1) is 11.3 Å². The molecule has 0 aliphatic heterocycles. The monoisotopic (exact) mass is 288 g/mol. The number of hydrogen-bond donors (Lipinski definition) is 2. The Hall–Kier alpha value is -1.08. The number of carboxylic acids is 1. The number of aromatic carboxylic acids is 1. The maximum Gasteiger partial charge on any atom is 0.355 e. The second kappa shape index (κ2) is 7.38. The van der Waals surface area contributed by atoms with Gasteiger partial charge in [0.25, 0.3) is 0 Å². The SMILES string of the molecule is CSCC(C)C(=O)NCCc1nc(C(=O)O)cs1. The van der Waals surface area contributed by atoms with Crippen LogP contribution in [0.5, 0.6) is 0 Å². The minimum absolute atomic E-state index is 0.00845. The smallest absolute Gasteiger partial charge is 0.355 e. The molecule has 0 aliphatic rings. The number of carbonyl (C=O) groups is 2. The van der Waals surface area contributed by atoms with E-state index in [1.165, 1.54) is 16.7 Å². The highest BCUT2D eigenvalue weighted by Crippen LogP contribution is 2.10. The highest BCUT2D eigenvalue weighted by Gasteiger charge is 2.12. The summed E-state index contributed by atoms with van der Waals surface area (Å²) < 4.78 is 0. The van der Waals surface area contributed by atoms with Crippen LogP contribution in [0.2, 0.25) is 0 Å². The molecule has 100 valence electrons. The Bertz CT molecular complexity index is 420. The number of thioether (sulfide) groups is 1. The van der Waals surface area contributed by atoms with E-state index in [0.29, 0.717) is 13.0 Å². The molecular formula is C11H16N2O3S2. The molecule has 0 fully saturated rings. The van der Waals surface area contributed by atoms with Gasteiger partial charge in [0.05, 0.1) is 5.01 Å². The minimum Gasteiger partial charge on any atom is -0.476 e. The van der Waals surface area contributed by atoms with Crippen molar-refractivity contribution in [3.05, 3.63) is 16.1 Å². The summed E-state index contributed by atoms with van der Waals surface area (Å²) in [6.07, 6.45) is 2.53. The first-order chi connectivity index (χ1) is 8.54. The lowest BCUT2D eigenvalue weighted by Gasteiger charge is -2.09. The lowest BCUT2D eigenvalue weighted by Crippen LogP contribution is -2.31. The summed E-state index contributed by atoms with van der Waals surface area (Å²) in [5.41, 5.74) is 0.0667. The molecule has 1 rings (SSSR count). The van der Waals surface area contributed by atoms with Gasteiger partial charge in [-0.1, -0.05) is 6.92 Å². The first-order valence-corrected chi connectivity index (χ1v) is 7.76. The minimum atomic E-state index is -1.02. The number of hydrogen-bond acceptors (Lipinski definition) is 5. The van der Waals surface area contributed by atoms with Gasteiger partial charge >= 0.3 is 5.97 Å². The van der Waals surface area contributed by atoms with Crippen LogP contribution in [0.25, 0.3) is 0 Å². The molecule has 1 atom stereocenters. The Labute approximate surface area is 114 Å². The number of nitrogens with zero attached hydrogens (tertiary/aromatic N) is 1. The van der Waals surface area contributed by atoms with Gasteiger partial charge in [0, 0.05) is 30.0 Å². The highest BCUT2D eigenvalue weighted by atomic mass is 32.2. The van der Waals surface area contributed by atoms with Gasteiger partial charge in [-0.05, 0) is 6.26 Å². The van der Waals surface area contributed by atoms with E-state index in [1.54, 1.807) is 11.8 Å². The number of carbonyl (C=O) groups excluding carboxylic acids is 1. The number of aromatic nitrogens is 1. The van der Waals surface area contributed by atoms with Gasteiger partial charge in [0.1, 0.15) is 0 Å². The first kappa shape index (κ1) is 15.0. The number of amides is 1. The van der Waals surface area contributed by atoms with Crippen molar-refractivity contribution in [1.82, 2.24) is 10.3 Å². The quantitative estimate of drug-likeness (QED) is 0.795. The maximum atomic E-state index is 11.6. The third kappa shape index (κ3) is 4.66. The van der Waals surface area contributed by atoms with Crippen molar-refractivity contribution in [2.24, 2.45) is 5.92 Å². The Morgan fingerprint density at radius 2 is 2.33 bits per heavy atom. The molecule has 0 saturated heterocycles. The molecule has 0 bridgehead atoms. The number of rotatable bonds is 7. The standard InChI is InChI=1S/C11H16N2O3S2/c1-7(5-17-2)10(14)12-4-3-9-13-8(6-18-9)11(15)16/h6-7H,3-5H2,1-2H3,(H,12,14)(H,15,16). The second-order valence-electron chi connectivity index (χ2n) is 3.83. The fraction of sp³-hybridized carbons (Fsp3) is 0.545. The molecule has 0 radical (unpaired) electrons. The van der Waals surface area contributed by atoms with Crippen LogP contribution in [0.3, 0.4) is 0 Å². The van der Waals surface area contributed by atoms with Gasteiger partial charge in [-0.2, -0.15) is 11.8 Å². The van der Waals surface area contributed by atoms with Crippen LogP contribution in [0.1, 0.15) is 22.4 Å². The Balaban J connectivity index is 2.32. The van der Waals surface area contributed by atoms with Crippen LogP contribution >= 0.6 is 23.1 Å². The molecule has 1 unspecified atom stereocenters. The molecular weight excluding hydrogens is 272 g/mol. The van der Waals surface area contributed by atoms with Crippen molar-refractivity contribution >= 4 is 35.0 Å². The second-order valence-corrected chi connectivity index (χ2v) is 5.68. The van der Waals surface area contributed by atoms with Crippen LogP contribution in [-0.4, -0.2) is 40.5 Å². The van der Waals surface area contributed by atoms with Gasteiger partial charge in [-0.25, -0.2) is 9.78 Å².